The van der Waals surface area contributed by atoms with Crippen LogP contribution in [0.1, 0.15) is 38.7 Å². The third kappa shape index (κ3) is 3.25. The Morgan fingerprint density at radius 1 is 1.14 bits per heavy atom. The molecule has 0 radical (unpaired) electrons. The largest absolute Gasteiger partial charge is 0.361 e. The number of benzene rings is 1. The number of amides is 4. The minimum atomic E-state index is -0.643. The first-order chi connectivity index (χ1) is 13.5. The summed E-state index contributed by atoms with van der Waals surface area (Å²) in [5.41, 5.74) is 1.97. The number of aromatic nitrogens is 1. The van der Waals surface area contributed by atoms with Gasteiger partial charge in [-0.2, -0.15) is 0 Å². The van der Waals surface area contributed by atoms with Crippen molar-refractivity contribution in [1.82, 2.24) is 20.1 Å². The summed E-state index contributed by atoms with van der Waals surface area (Å²) in [7, 11) is 0. The van der Waals surface area contributed by atoms with Gasteiger partial charge in [-0.15, -0.1) is 0 Å². The molecule has 7 nitrogen and oxygen atoms in total. The Balaban J connectivity index is 1.46. The molecule has 4 amide bonds. The molecule has 7 heteroatoms. The maximum Gasteiger partial charge on any atom is 0.325 e. The summed E-state index contributed by atoms with van der Waals surface area (Å²) in [5, 5.41) is 3.78. The van der Waals surface area contributed by atoms with Crippen molar-refractivity contribution < 1.29 is 14.4 Å². The van der Waals surface area contributed by atoms with Gasteiger partial charge in [0, 0.05) is 35.6 Å². The van der Waals surface area contributed by atoms with Crippen LogP contribution in [0.2, 0.25) is 0 Å². The number of carbonyl (C=O) groups is 3. The normalized spacial score (nSPS) is 25.4. The fourth-order valence-corrected chi connectivity index (χ4v) is 4.52. The van der Waals surface area contributed by atoms with Crippen LogP contribution in [0.15, 0.2) is 30.5 Å². The first-order valence-electron chi connectivity index (χ1n) is 9.93. The molecule has 2 saturated heterocycles. The highest BCUT2D eigenvalue weighted by atomic mass is 16.2. The van der Waals surface area contributed by atoms with E-state index in [9.17, 15) is 14.4 Å². The number of aromatic amines is 1. The van der Waals surface area contributed by atoms with Crippen molar-refractivity contribution in [2.24, 2.45) is 0 Å². The van der Waals surface area contributed by atoms with Gasteiger partial charge in [-0.25, -0.2) is 4.79 Å². The fourth-order valence-electron chi connectivity index (χ4n) is 4.52. The van der Waals surface area contributed by atoms with Gasteiger partial charge in [-0.3, -0.25) is 14.5 Å². The second-order valence-electron chi connectivity index (χ2n) is 7.92. The van der Waals surface area contributed by atoms with Crippen molar-refractivity contribution in [3.8, 4) is 0 Å². The second kappa shape index (κ2) is 7.30. The van der Waals surface area contributed by atoms with E-state index < -0.39 is 12.1 Å². The molecule has 2 N–H and O–H groups in total. The molecule has 2 aromatic rings. The molecule has 2 aliphatic rings. The number of piperidine rings is 1. The fraction of sp³-hybridized carbons (Fsp3) is 0.476. The molecular formula is C21H26N4O3. The summed E-state index contributed by atoms with van der Waals surface area (Å²) in [6.45, 7) is 3.86. The van der Waals surface area contributed by atoms with Crippen LogP contribution in [-0.4, -0.2) is 57.3 Å². The van der Waals surface area contributed by atoms with Crippen molar-refractivity contribution >= 4 is 28.7 Å². The second-order valence-corrected chi connectivity index (χ2v) is 7.92. The first kappa shape index (κ1) is 18.5. The third-order valence-corrected chi connectivity index (χ3v) is 5.98. The number of nitrogens with zero attached hydrogens (tertiary/aromatic N) is 2. The minimum Gasteiger partial charge on any atom is -0.361 e. The van der Waals surface area contributed by atoms with Gasteiger partial charge < -0.3 is 15.2 Å². The summed E-state index contributed by atoms with van der Waals surface area (Å²) in [5.74, 6) is -0.489. The van der Waals surface area contributed by atoms with Crippen LogP contribution in [-0.2, 0) is 16.0 Å². The van der Waals surface area contributed by atoms with Gasteiger partial charge in [0.1, 0.15) is 12.6 Å². The van der Waals surface area contributed by atoms with Gasteiger partial charge >= 0.3 is 6.03 Å². The third-order valence-electron chi connectivity index (χ3n) is 5.98. The van der Waals surface area contributed by atoms with Gasteiger partial charge in [0.2, 0.25) is 5.91 Å². The molecule has 3 unspecified atom stereocenters. The molecule has 0 aliphatic carbocycles. The molecule has 28 heavy (non-hydrogen) atoms. The minimum absolute atomic E-state index is 0.138. The molecule has 3 atom stereocenters. The monoisotopic (exact) mass is 382 g/mol. The van der Waals surface area contributed by atoms with Gasteiger partial charge in [-0.05, 0) is 44.7 Å². The number of rotatable bonds is 4. The Morgan fingerprint density at radius 2 is 1.86 bits per heavy atom. The van der Waals surface area contributed by atoms with Crippen LogP contribution in [0.4, 0.5) is 4.79 Å². The number of nitrogens with one attached hydrogen (secondary N) is 2. The number of H-pyrrole nitrogens is 1. The number of hydrogen-bond donors (Lipinski definition) is 2. The summed E-state index contributed by atoms with van der Waals surface area (Å²) in [6, 6.07) is 7.00. The van der Waals surface area contributed by atoms with E-state index in [2.05, 4.69) is 10.3 Å². The predicted molar refractivity (Wildman–Crippen MR) is 106 cm³/mol. The topological polar surface area (TPSA) is 85.5 Å². The van der Waals surface area contributed by atoms with Crippen LogP contribution in [0.3, 0.4) is 0 Å². The molecule has 1 aromatic heterocycles. The summed E-state index contributed by atoms with van der Waals surface area (Å²) in [6.07, 6.45) is 5.28. The van der Waals surface area contributed by atoms with Crippen LogP contribution in [0.5, 0.6) is 0 Å². The highest BCUT2D eigenvalue weighted by Crippen LogP contribution is 2.24. The molecule has 0 spiro atoms. The molecule has 0 saturated carbocycles. The number of urea groups is 1. The van der Waals surface area contributed by atoms with Crippen molar-refractivity contribution in [1.29, 1.82) is 0 Å². The molecule has 1 aromatic carbocycles. The molecule has 3 heterocycles. The van der Waals surface area contributed by atoms with E-state index in [4.69, 9.17) is 0 Å². The maximum atomic E-state index is 12.8. The van der Waals surface area contributed by atoms with E-state index in [0.717, 1.165) is 40.6 Å². The summed E-state index contributed by atoms with van der Waals surface area (Å²) in [4.78, 5) is 44.1. The molecule has 4 rings (SSSR count). The predicted octanol–water partition coefficient (Wildman–Crippen LogP) is 2.42. The van der Waals surface area contributed by atoms with E-state index in [1.54, 1.807) is 0 Å². The molecule has 0 bridgehead atoms. The Kier molecular flexibility index (Phi) is 4.83. The van der Waals surface area contributed by atoms with Crippen LogP contribution >= 0.6 is 0 Å². The van der Waals surface area contributed by atoms with E-state index >= 15 is 0 Å². The lowest BCUT2D eigenvalue weighted by Crippen LogP contribution is -2.52. The highest BCUT2D eigenvalue weighted by molar-refractivity contribution is 6.06. The van der Waals surface area contributed by atoms with Gasteiger partial charge in [-0.1, -0.05) is 18.2 Å². The Hall–Kier alpha value is -2.83. The molecule has 148 valence electrons. The first-order valence-corrected chi connectivity index (χ1v) is 9.93. The summed E-state index contributed by atoms with van der Waals surface area (Å²) < 4.78 is 0. The highest BCUT2D eigenvalue weighted by Gasteiger charge is 2.41. The smallest absolute Gasteiger partial charge is 0.325 e. The molecule has 2 fully saturated rings. The van der Waals surface area contributed by atoms with Gasteiger partial charge in [0.15, 0.2) is 0 Å². The van der Waals surface area contributed by atoms with Gasteiger partial charge in [0.05, 0.1) is 0 Å². The van der Waals surface area contributed by atoms with E-state index in [-0.39, 0.29) is 30.4 Å². The Morgan fingerprint density at radius 3 is 2.61 bits per heavy atom. The number of para-hydroxylation sites is 1. The summed E-state index contributed by atoms with van der Waals surface area (Å²) >= 11 is 0. The Bertz CT molecular complexity index is 911. The Labute approximate surface area is 164 Å². The van der Waals surface area contributed by atoms with Crippen molar-refractivity contribution in [2.75, 3.05) is 6.54 Å². The number of carbonyl (C=O) groups excluding carboxylic acids is 3. The number of fused-ring (bicyclic) bond motifs is 1. The number of imide groups is 1. The number of hydrogen-bond acceptors (Lipinski definition) is 3. The molecule has 2 aliphatic heterocycles. The average molecular weight is 382 g/mol. The van der Waals surface area contributed by atoms with E-state index in [1.807, 2.05) is 49.2 Å². The lowest BCUT2D eigenvalue weighted by atomic mass is 9.97. The zero-order valence-corrected chi connectivity index (χ0v) is 16.3. The maximum absolute atomic E-state index is 12.8. The quantitative estimate of drug-likeness (QED) is 0.797. The zero-order chi connectivity index (χ0) is 19.8. The van der Waals surface area contributed by atoms with E-state index in [1.165, 1.54) is 0 Å². The van der Waals surface area contributed by atoms with Crippen molar-refractivity contribution in [2.45, 2.75) is 57.7 Å². The lowest BCUT2D eigenvalue weighted by Gasteiger charge is -2.39. The van der Waals surface area contributed by atoms with Gasteiger partial charge in [0.25, 0.3) is 5.91 Å². The standard InChI is InChI=1S/C21H26N4O3/c1-13-6-5-7-14(2)25(13)19(26)12-24-20(27)18(23-21(24)28)10-15-11-22-17-9-4-3-8-16(15)17/h3-4,8-9,11,13-14,18,22H,5-7,10,12H2,1-2H3,(H,23,28). The number of likely N-dealkylation sites (tertiary alicyclic amines) is 1. The SMILES string of the molecule is CC1CCCC(C)N1C(=O)CN1C(=O)NC(Cc2c[nH]c3ccccc23)C1=O. The molecular weight excluding hydrogens is 356 g/mol. The lowest BCUT2D eigenvalue weighted by molar-refractivity contribution is -0.141. The zero-order valence-electron chi connectivity index (χ0n) is 16.3. The van der Waals surface area contributed by atoms with Crippen molar-refractivity contribution in [3.05, 3.63) is 36.0 Å². The van der Waals surface area contributed by atoms with Crippen molar-refractivity contribution in [3.63, 3.8) is 0 Å². The van der Waals surface area contributed by atoms with Crippen LogP contribution < -0.4 is 5.32 Å². The van der Waals surface area contributed by atoms with Crippen LogP contribution in [0, 0.1) is 0 Å². The van der Waals surface area contributed by atoms with E-state index in [0.29, 0.717) is 6.42 Å². The van der Waals surface area contributed by atoms with Crippen LogP contribution in [0.25, 0.3) is 10.9 Å². The average Bonchev–Trinajstić information content (AvgIpc) is 3.18.